The van der Waals surface area contributed by atoms with Gasteiger partial charge in [0.15, 0.2) is 11.4 Å². The van der Waals surface area contributed by atoms with E-state index < -0.39 is 5.91 Å². The smallest absolute Gasteiger partial charge is 0.295 e. The molecule has 3 aromatic rings. The Labute approximate surface area is 156 Å². The molecule has 0 saturated carbocycles. The van der Waals surface area contributed by atoms with E-state index in [4.69, 9.17) is 4.74 Å². The molecule has 0 spiro atoms. The van der Waals surface area contributed by atoms with Gasteiger partial charge < -0.3 is 9.84 Å². The van der Waals surface area contributed by atoms with Gasteiger partial charge >= 0.3 is 0 Å². The predicted octanol–water partition coefficient (Wildman–Crippen LogP) is 3.05. The Hall–Kier alpha value is -3.61. The summed E-state index contributed by atoms with van der Waals surface area (Å²) in [5.41, 5.74) is 5.46. The molecule has 1 aromatic heterocycles. The van der Waals surface area contributed by atoms with Crippen molar-refractivity contribution >= 4 is 11.6 Å². The van der Waals surface area contributed by atoms with Gasteiger partial charge in [-0.15, -0.1) is 0 Å². The summed E-state index contributed by atoms with van der Waals surface area (Å²) in [5, 5.41) is 18.3. The van der Waals surface area contributed by atoms with Gasteiger partial charge in [-0.2, -0.15) is 10.2 Å². The van der Waals surface area contributed by atoms with E-state index in [1.165, 1.54) is 10.9 Å². The lowest BCUT2D eigenvalue weighted by Crippen LogP contribution is -2.20. The van der Waals surface area contributed by atoms with Gasteiger partial charge in [0.2, 0.25) is 0 Å². The normalized spacial score (nSPS) is 11.3. The van der Waals surface area contributed by atoms with Crippen LogP contribution in [0.25, 0.3) is 5.69 Å². The number of para-hydroxylation sites is 1. The number of hydrogen-bond acceptors (Lipinski definition) is 5. The molecule has 0 aliphatic heterocycles. The lowest BCUT2D eigenvalue weighted by molar-refractivity contribution is 0.0947. The third kappa shape index (κ3) is 3.98. The first-order valence-electron chi connectivity index (χ1n) is 8.33. The number of hydrogen-bond donors (Lipinski definition) is 2. The Morgan fingerprint density at radius 3 is 2.67 bits per heavy atom. The lowest BCUT2D eigenvalue weighted by Gasteiger charge is -2.09. The van der Waals surface area contributed by atoms with E-state index in [9.17, 15) is 9.90 Å². The maximum atomic E-state index is 12.4. The van der Waals surface area contributed by atoms with E-state index in [1.807, 2.05) is 55.5 Å². The van der Waals surface area contributed by atoms with E-state index >= 15 is 0 Å². The van der Waals surface area contributed by atoms with E-state index in [2.05, 4.69) is 15.6 Å². The van der Waals surface area contributed by atoms with E-state index in [0.717, 1.165) is 16.8 Å². The summed E-state index contributed by atoms with van der Waals surface area (Å²) < 4.78 is 6.77. The number of benzene rings is 2. The average Bonchev–Trinajstić information content (AvgIpc) is 3.08. The van der Waals surface area contributed by atoms with Crippen LogP contribution >= 0.6 is 0 Å². The average molecular weight is 364 g/mol. The van der Waals surface area contributed by atoms with Crippen LogP contribution in [0, 0.1) is 6.92 Å². The van der Waals surface area contributed by atoms with Gasteiger partial charge in [-0.1, -0.05) is 29.8 Å². The highest BCUT2D eigenvalue weighted by Crippen LogP contribution is 2.21. The number of aromatic hydroxyl groups is 1. The molecule has 0 saturated heterocycles. The van der Waals surface area contributed by atoms with Crippen molar-refractivity contribution in [1.82, 2.24) is 15.2 Å². The molecule has 0 aliphatic rings. The quantitative estimate of drug-likeness (QED) is 0.538. The Balaban J connectivity index is 1.81. The molecule has 3 rings (SSSR count). The summed E-state index contributed by atoms with van der Waals surface area (Å²) in [6.07, 6.45) is 1.38. The van der Waals surface area contributed by atoms with Crippen LogP contribution in [-0.4, -0.2) is 33.6 Å². The van der Waals surface area contributed by atoms with Gasteiger partial charge in [0, 0.05) is 5.56 Å². The first-order valence-corrected chi connectivity index (χ1v) is 8.33. The molecule has 7 nitrogen and oxygen atoms in total. The zero-order valence-electron chi connectivity index (χ0n) is 15.3. The molecule has 27 heavy (non-hydrogen) atoms. The SMILES string of the molecule is COc1ccc(C)cc1/C(C)=N\NC(=O)c1nn(-c2ccccc2)cc1O. The standard InChI is InChI=1S/C20H20N4O3/c1-13-9-10-18(27-3)16(11-13)14(2)21-22-20(26)19-17(25)12-24(23-19)15-7-5-4-6-8-15/h4-12,25H,1-3H3,(H,22,26)/b21-14-. The van der Waals surface area contributed by atoms with Crippen molar-refractivity contribution in [2.75, 3.05) is 7.11 Å². The first kappa shape index (κ1) is 18.2. The first-order chi connectivity index (χ1) is 13.0. The van der Waals surface area contributed by atoms with Crippen LogP contribution in [0.5, 0.6) is 11.5 Å². The number of aryl methyl sites for hydroxylation is 1. The summed E-state index contributed by atoms with van der Waals surface area (Å²) in [4.78, 5) is 12.4. The topological polar surface area (TPSA) is 88.7 Å². The van der Waals surface area contributed by atoms with Crippen molar-refractivity contribution < 1.29 is 14.6 Å². The molecule has 1 amide bonds. The van der Waals surface area contributed by atoms with Crippen LogP contribution in [0.15, 0.2) is 59.8 Å². The zero-order valence-corrected chi connectivity index (χ0v) is 15.3. The van der Waals surface area contributed by atoms with Gasteiger partial charge in [0.1, 0.15) is 5.75 Å². The number of hydrazone groups is 1. The van der Waals surface area contributed by atoms with Gasteiger partial charge in [0.05, 0.1) is 24.7 Å². The molecule has 1 heterocycles. The maximum absolute atomic E-state index is 12.4. The monoisotopic (exact) mass is 364 g/mol. The fourth-order valence-corrected chi connectivity index (χ4v) is 2.59. The molecular weight excluding hydrogens is 344 g/mol. The lowest BCUT2D eigenvalue weighted by atomic mass is 10.1. The van der Waals surface area contributed by atoms with E-state index in [1.54, 1.807) is 14.0 Å². The Bertz CT molecular complexity index is 994. The minimum atomic E-state index is -0.604. The number of ether oxygens (including phenoxy) is 1. The molecule has 0 radical (unpaired) electrons. The number of methoxy groups -OCH3 is 1. The third-order valence-electron chi connectivity index (χ3n) is 4.00. The third-order valence-corrected chi connectivity index (χ3v) is 4.00. The molecule has 0 unspecified atom stereocenters. The minimum absolute atomic E-state index is 0.105. The van der Waals surface area contributed by atoms with Crippen molar-refractivity contribution in [3.63, 3.8) is 0 Å². The van der Waals surface area contributed by atoms with E-state index in [-0.39, 0.29) is 11.4 Å². The van der Waals surface area contributed by atoms with Crippen LogP contribution in [0.4, 0.5) is 0 Å². The second-order valence-corrected chi connectivity index (χ2v) is 5.98. The fourth-order valence-electron chi connectivity index (χ4n) is 2.59. The highest BCUT2D eigenvalue weighted by atomic mass is 16.5. The molecule has 0 atom stereocenters. The number of carbonyl (C=O) groups excluding carboxylic acids is 1. The highest BCUT2D eigenvalue weighted by molar-refractivity contribution is 6.03. The van der Waals surface area contributed by atoms with Crippen LogP contribution in [0.2, 0.25) is 0 Å². The molecule has 0 bridgehead atoms. The zero-order chi connectivity index (χ0) is 19.4. The molecular formula is C20H20N4O3. The second kappa shape index (κ2) is 7.74. The van der Waals surface area contributed by atoms with Crippen LogP contribution in [0.3, 0.4) is 0 Å². The number of aromatic nitrogens is 2. The van der Waals surface area contributed by atoms with Gasteiger partial charge in [-0.3, -0.25) is 4.79 Å². The Morgan fingerprint density at radius 2 is 1.96 bits per heavy atom. The molecule has 2 N–H and O–H groups in total. The molecule has 0 aliphatic carbocycles. The van der Waals surface area contributed by atoms with Crippen LogP contribution in [-0.2, 0) is 0 Å². The van der Waals surface area contributed by atoms with Crippen molar-refractivity contribution in [2.24, 2.45) is 5.10 Å². The molecule has 2 aromatic carbocycles. The maximum Gasteiger partial charge on any atom is 0.295 e. The fraction of sp³-hybridized carbons (Fsp3) is 0.150. The summed E-state index contributed by atoms with van der Waals surface area (Å²) in [6.45, 7) is 3.73. The molecule has 0 fully saturated rings. The summed E-state index contributed by atoms with van der Waals surface area (Å²) in [6, 6.07) is 14.9. The van der Waals surface area contributed by atoms with Crippen LogP contribution < -0.4 is 10.2 Å². The predicted molar refractivity (Wildman–Crippen MR) is 103 cm³/mol. The second-order valence-electron chi connectivity index (χ2n) is 5.98. The van der Waals surface area contributed by atoms with E-state index in [0.29, 0.717) is 11.5 Å². The molecule has 7 heteroatoms. The van der Waals surface area contributed by atoms with Crippen molar-refractivity contribution in [1.29, 1.82) is 0 Å². The Kier molecular flexibility index (Phi) is 5.21. The number of nitrogens with zero attached hydrogens (tertiary/aromatic N) is 3. The van der Waals surface area contributed by atoms with Gasteiger partial charge in [0.25, 0.3) is 5.91 Å². The number of amides is 1. The van der Waals surface area contributed by atoms with Crippen molar-refractivity contribution in [3.8, 4) is 17.2 Å². The summed E-state index contributed by atoms with van der Waals surface area (Å²) in [5.74, 6) is -0.169. The van der Waals surface area contributed by atoms with Crippen molar-refractivity contribution in [3.05, 3.63) is 71.5 Å². The number of nitrogens with one attached hydrogen (secondary N) is 1. The van der Waals surface area contributed by atoms with Crippen LogP contribution in [0.1, 0.15) is 28.5 Å². The number of rotatable bonds is 5. The van der Waals surface area contributed by atoms with Crippen molar-refractivity contribution in [2.45, 2.75) is 13.8 Å². The summed E-state index contributed by atoms with van der Waals surface area (Å²) >= 11 is 0. The Morgan fingerprint density at radius 1 is 1.22 bits per heavy atom. The number of carbonyl (C=O) groups is 1. The van der Waals surface area contributed by atoms with Gasteiger partial charge in [-0.25, -0.2) is 10.1 Å². The highest BCUT2D eigenvalue weighted by Gasteiger charge is 2.17. The summed E-state index contributed by atoms with van der Waals surface area (Å²) in [7, 11) is 1.58. The minimum Gasteiger partial charge on any atom is -0.504 e. The molecule has 138 valence electrons. The van der Waals surface area contributed by atoms with Gasteiger partial charge in [-0.05, 0) is 38.1 Å². The largest absolute Gasteiger partial charge is 0.504 e.